The van der Waals surface area contributed by atoms with Gasteiger partial charge in [0.2, 0.25) is 0 Å². The van der Waals surface area contributed by atoms with Crippen LogP contribution >= 0.6 is 0 Å². The topological polar surface area (TPSA) is 380 Å². The minimum Gasteiger partial charge on any atom is -0.747 e. The van der Waals surface area contributed by atoms with Gasteiger partial charge in [-0.3, -0.25) is 9.35 Å². The molecule has 0 heterocycles. The van der Waals surface area contributed by atoms with E-state index < -0.39 is 63.7 Å². The minimum absolute atomic E-state index is 0.157. The highest BCUT2D eigenvalue weighted by Gasteiger charge is 2.34. The summed E-state index contributed by atoms with van der Waals surface area (Å²) in [4.78, 5) is 30.8. The fraction of sp³-hybridized carbons (Fsp3) is 0.591. The number of carbonyl (C=O) groups excluding carboxylic acids is 3. The summed E-state index contributed by atoms with van der Waals surface area (Å²) >= 11 is 0. The fourth-order valence-corrected chi connectivity index (χ4v) is 3.12. The number of quaternary nitrogens is 2. The molecular weight excluding hydrogens is 723 g/mol. The zero-order valence-electron chi connectivity index (χ0n) is 26.8. The van der Waals surface area contributed by atoms with Crippen molar-refractivity contribution in [2.45, 2.75) is 50.5 Å². The van der Waals surface area contributed by atoms with Crippen molar-refractivity contribution in [2.24, 2.45) is 5.73 Å². The molecule has 0 spiro atoms. The fourth-order valence-electron chi connectivity index (χ4n) is 1.32. The van der Waals surface area contributed by atoms with E-state index in [0.717, 1.165) is 20.2 Å². The van der Waals surface area contributed by atoms with Crippen molar-refractivity contribution >= 4 is 59.2 Å². The molecule has 0 radical (unpaired) electrons. The van der Waals surface area contributed by atoms with Crippen LogP contribution in [-0.4, -0.2) is 109 Å². The van der Waals surface area contributed by atoms with Crippen LogP contribution in [0, 0.1) is 0 Å². The standard InChI is InChI=1S/C5H10O8S2.C4H8O5S.C4H8O2.3C3H7N.O3S/c1-3-4(14(7,8)9)5(6)13-15(10,11)12-2;1-2-3(4(5)6)10(7,8)9;1-3-4(5)6-2;3*1-2-3-4;1-4(2)3/h4H,3H2,1-2H3,(H,7,8,9);3H,2H2,1H3,(H,5,6)(H,7,8,9);3H2,1-2H3;3*2H,1,3-4H2;. The van der Waals surface area contributed by atoms with Gasteiger partial charge in [-0.2, -0.15) is 16.8 Å². The average Bonchev–Trinajstić information content (AvgIpc) is 2.96. The van der Waals surface area contributed by atoms with Crippen molar-refractivity contribution in [1.29, 1.82) is 0 Å². The number of esters is 1. The van der Waals surface area contributed by atoms with Gasteiger partial charge in [-0.05, 0) is 25.0 Å². The molecular formula is C22H47N3O18S4. The van der Waals surface area contributed by atoms with Gasteiger partial charge >= 0.3 is 32.9 Å². The number of ether oxygens (including phenoxy) is 1. The third-order valence-corrected chi connectivity index (χ3v) is 6.70. The van der Waals surface area contributed by atoms with Crippen LogP contribution in [0.2, 0.25) is 0 Å². The molecule has 21 nitrogen and oxygen atoms in total. The lowest BCUT2D eigenvalue weighted by Crippen LogP contribution is -2.48. The predicted octanol–water partition coefficient (Wildman–Crippen LogP) is -4.33. The van der Waals surface area contributed by atoms with Crippen LogP contribution in [0.15, 0.2) is 38.0 Å². The predicted molar refractivity (Wildman–Crippen MR) is 164 cm³/mol. The number of hydrogen-bond donors (Lipinski definition) is 4. The Morgan fingerprint density at radius 2 is 1.19 bits per heavy atom. The first-order chi connectivity index (χ1) is 21.3. The summed E-state index contributed by atoms with van der Waals surface area (Å²) in [6.07, 6.45) is 5.07. The number of nitrogens with two attached hydrogens (primary N) is 1. The van der Waals surface area contributed by atoms with Gasteiger partial charge in [0.1, 0.15) is 10.1 Å². The molecule has 0 aliphatic carbocycles. The lowest BCUT2D eigenvalue weighted by molar-refractivity contribution is -0.353. The second-order valence-corrected chi connectivity index (χ2v) is 11.8. The van der Waals surface area contributed by atoms with E-state index in [-0.39, 0.29) is 18.8 Å². The molecule has 282 valence electrons. The third kappa shape index (κ3) is 55.6. The number of carboxylic acids is 1. The molecule has 2 unspecified atom stereocenters. The smallest absolute Gasteiger partial charge is 0.451 e. The number of methoxy groups -OCH3 is 1. The van der Waals surface area contributed by atoms with E-state index in [9.17, 15) is 49.3 Å². The van der Waals surface area contributed by atoms with E-state index in [1.807, 2.05) is 0 Å². The number of hydrogen-bond acceptors (Lipinski definition) is 18. The van der Waals surface area contributed by atoms with Crippen LogP contribution in [-0.2, 0) is 68.7 Å². The van der Waals surface area contributed by atoms with Gasteiger partial charge in [0, 0.05) is 13.0 Å². The summed E-state index contributed by atoms with van der Waals surface area (Å²) in [6, 6.07) is 0. The molecule has 2 atom stereocenters. The van der Waals surface area contributed by atoms with Gasteiger partial charge < -0.3 is 40.6 Å². The monoisotopic (exact) mass is 769 g/mol. The normalized spacial score (nSPS) is 10.9. The molecule has 0 rings (SSSR count). The second-order valence-electron chi connectivity index (χ2n) is 6.91. The Hall–Kier alpha value is -3.14. The molecule has 0 aromatic rings. The van der Waals surface area contributed by atoms with Gasteiger partial charge in [0.25, 0.3) is 10.1 Å². The van der Waals surface area contributed by atoms with Crippen LogP contribution in [0.5, 0.6) is 0 Å². The zero-order valence-corrected chi connectivity index (χ0v) is 30.0. The van der Waals surface area contributed by atoms with Crippen molar-refractivity contribution in [3.05, 3.63) is 38.0 Å². The number of rotatable bonds is 12. The van der Waals surface area contributed by atoms with Crippen LogP contribution in [0.25, 0.3) is 0 Å². The van der Waals surface area contributed by atoms with Crippen molar-refractivity contribution in [3.63, 3.8) is 0 Å². The Balaban J connectivity index is -0.0000000865. The van der Waals surface area contributed by atoms with Crippen molar-refractivity contribution in [1.82, 2.24) is 0 Å². The second kappa shape index (κ2) is 37.3. The first kappa shape index (κ1) is 59.3. The molecule has 0 saturated heterocycles. The zero-order chi connectivity index (χ0) is 39.4. The Morgan fingerprint density at radius 3 is 1.28 bits per heavy atom. The van der Waals surface area contributed by atoms with Crippen molar-refractivity contribution in [3.8, 4) is 0 Å². The molecule has 25 heteroatoms. The number of carbonyl (C=O) groups is 3. The summed E-state index contributed by atoms with van der Waals surface area (Å²) in [6.45, 7) is 16.7. The maximum Gasteiger partial charge on any atom is 0.451 e. The molecule has 0 aliphatic heterocycles. The molecule has 9 N–H and O–H groups in total. The summed E-state index contributed by atoms with van der Waals surface area (Å²) in [7, 11) is -15.0. The van der Waals surface area contributed by atoms with Crippen LogP contribution in [0.3, 0.4) is 0 Å². The highest BCUT2D eigenvalue weighted by Crippen LogP contribution is 2.08. The molecule has 0 aromatic carbocycles. The van der Waals surface area contributed by atoms with E-state index in [0.29, 0.717) is 13.0 Å². The first-order valence-corrected chi connectivity index (χ1v) is 17.7. The lowest BCUT2D eigenvalue weighted by atomic mass is 10.3. The summed E-state index contributed by atoms with van der Waals surface area (Å²) < 4.78 is 118. The van der Waals surface area contributed by atoms with Crippen LogP contribution < -0.4 is 22.3 Å². The summed E-state index contributed by atoms with van der Waals surface area (Å²) in [5, 5.41) is 6.04. The molecule has 0 aliphatic rings. The Labute approximate surface area is 277 Å². The molecule has 0 aromatic heterocycles. The quantitative estimate of drug-likeness (QED) is 0.0828. The summed E-state index contributed by atoms with van der Waals surface area (Å²) in [5.74, 6) is -3.60. The van der Waals surface area contributed by atoms with Gasteiger partial charge in [0.15, 0.2) is 5.25 Å². The number of carboxylic acid groups (broad SMARTS) is 1. The minimum atomic E-state index is -4.73. The third-order valence-electron chi connectivity index (χ3n) is 3.45. The van der Waals surface area contributed by atoms with Crippen molar-refractivity contribution in [2.75, 3.05) is 33.9 Å². The number of aliphatic carboxylic acids is 1. The van der Waals surface area contributed by atoms with E-state index in [2.05, 4.69) is 44.3 Å². The van der Waals surface area contributed by atoms with E-state index in [4.69, 9.17) is 22.9 Å². The highest BCUT2D eigenvalue weighted by molar-refractivity contribution is 7.87. The molecule has 47 heavy (non-hydrogen) atoms. The average molecular weight is 770 g/mol. The Bertz CT molecular complexity index is 1270. The molecule has 0 saturated carbocycles. The van der Waals surface area contributed by atoms with Crippen LogP contribution in [0.4, 0.5) is 0 Å². The van der Waals surface area contributed by atoms with Crippen molar-refractivity contribution < 1.29 is 91.0 Å². The maximum atomic E-state index is 11.0. The van der Waals surface area contributed by atoms with Gasteiger partial charge in [-0.1, -0.05) is 40.0 Å². The van der Waals surface area contributed by atoms with Gasteiger partial charge in [-0.15, -0.1) is 19.2 Å². The highest BCUT2D eigenvalue weighted by atomic mass is 32.3. The molecule has 0 amide bonds. The van der Waals surface area contributed by atoms with E-state index >= 15 is 0 Å². The SMILES string of the molecule is C=CCN.C=CC[NH3+].C=CC[NH3+].CCC(=O)OC.CCC(C(=O)OS(=O)(=O)OC)S(=O)(=O)O.CCC(C(=O)[O-])S(=O)(=O)[O-].O=S(=O)=O. The van der Waals surface area contributed by atoms with E-state index in [1.165, 1.54) is 21.0 Å². The Morgan fingerprint density at radius 1 is 0.872 bits per heavy atom. The van der Waals surface area contributed by atoms with Gasteiger partial charge in [-0.25, -0.2) is 17.4 Å². The Kier molecular flexibility index (Phi) is 47.1. The summed E-state index contributed by atoms with van der Waals surface area (Å²) in [5.41, 5.74) is 11.9. The molecule has 0 fully saturated rings. The largest absolute Gasteiger partial charge is 0.747 e. The van der Waals surface area contributed by atoms with Crippen LogP contribution in [0.1, 0.15) is 40.0 Å². The van der Waals surface area contributed by atoms with E-state index in [1.54, 1.807) is 25.2 Å². The first-order valence-electron chi connectivity index (χ1n) is 12.4. The molecule has 0 bridgehead atoms. The van der Waals surface area contributed by atoms with Gasteiger partial charge in [0.05, 0.1) is 38.5 Å². The maximum absolute atomic E-state index is 11.0. The lowest BCUT2D eigenvalue weighted by Gasteiger charge is -2.18.